The largest absolute Gasteiger partial charge is 0.291 e. The zero-order valence-electron chi connectivity index (χ0n) is 13.8. The van der Waals surface area contributed by atoms with Crippen molar-refractivity contribution in [2.75, 3.05) is 0 Å². The molecule has 0 bridgehead atoms. The summed E-state index contributed by atoms with van der Waals surface area (Å²) in [7, 11) is 2.52. The Bertz CT molecular complexity index is 870. The fraction of sp³-hybridized carbons (Fsp3) is 0.222. The summed E-state index contributed by atoms with van der Waals surface area (Å²) in [5.74, 6) is 0.584. The minimum absolute atomic E-state index is 0.0668. The van der Waals surface area contributed by atoms with E-state index in [9.17, 15) is 19.2 Å². The normalized spacial score (nSPS) is 20.3. The number of amides is 2. The van der Waals surface area contributed by atoms with Crippen molar-refractivity contribution >= 4 is 45.1 Å². The molecule has 0 spiro atoms. The van der Waals surface area contributed by atoms with Gasteiger partial charge in [0.15, 0.2) is 5.78 Å². The quantitative estimate of drug-likeness (QED) is 0.437. The van der Waals surface area contributed by atoms with Gasteiger partial charge in [0.1, 0.15) is 16.2 Å². The van der Waals surface area contributed by atoms with Crippen LogP contribution < -0.4 is 0 Å². The van der Waals surface area contributed by atoms with E-state index in [2.05, 4.69) is 4.98 Å². The molecule has 26 heavy (non-hydrogen) atoms. The average Bonchev–Trinajstić information content (AvgIpc) is 2.97. The third-order valence-corrected chi connectivity index (χ3v) is 6.50. The van der Waals surface area contributed by atoms with Crippen molar-refractivity contribution in [1.82, 2.24) is 9.88 Å². The maximum Gasteiger partial charge on any atom is 0.234 e. The molecule has 1 aromatic rings. The van der Waals surface area contributed by atoms with E-state index in [1.54, 1.807) is 31.2 Å². The van der Waals surface area contributed by atoms with Gasteiger partial charge < -0.3 is 0 Å². The maximum atomic E-state index is 13.0. The monoisotopic (exact) mass is 386 g/mol. The molecular weight excluding hydrogens is 372 g/mol. The molecule has 2 amide bonds. The van der Waals surface area contributed by atoms with E-state index in [0.717, 1.165) is 4.90 Å². The topological polar surface area (TPSA) is 84.4 Å². The first kappa shape index (κ1) is 18.4. The minimum Gasteiger partial charge on any atom is -0.291 e. The summed E-state index contributed by atoms with van der Waals surface area (Å²) in [5, 5.41) is -0.0218. The number of carbonyl (C=O) groups is 3. The fourth-order valence-corrected chi connectivity index (χ4v) is 5.16. The second-order valence-corrected chi connectivity index (χ2v) is 7.97. The van der Waals surface area contributed by atoms with E-state index in [1.165, 1.54) is 33.7 Å². The van der Waals surface area contributed by atoms with Crippen LogP contribution in [-0.4, -0.2) is 38.7 Å². The molecule has 1 saturated heterocycles. The van der Waals surface area contributed by atoms with Crippen LogP contribution in [0.2, 0.25) is 0 Å². The van der Waals surface area contributed by atoms with E-state index < -0.39 is 5.25 Å². The lowest BCUT2D eigenvalue weighted by Crippen LogP contribution is -2.38. The summed E-state index contributed by atoms with van der Waals surface area (Å²) >= 11 is 0. The van der Waals surface area contributed by atoms with E-state index >= 15 is 0 Å². The second-order valence-electron chi connectivity index (χ2n) is 5.64. The average molecular weight is 386 g/mol. The minimum atomic E-state index is -0.732. The van der Waals surface area contributed by atoms with E-state index in [1.807, 2.05) is 6.07 Å². The second kappa shape index (κ2) is 7.86. The van der Waals surface area contributed by atoms with Crippen molar-refractivity contribution in [1.29, 1.82) is 0 Å². The Kier molecular flexibility index (Phi) is 5.56. The Labute approximate surface area is 157 Å². The summed E-state index contributed by atoms with van der Waals surface area (Å²) in [4.78, 5) is 53.1. The van der Waals surface area contributed by atoms with Gasteiger partial charge in [-0.25, -0.2) is 14.7 Å². The first-order valence-corrected chi connectivity index (χ1v) is 10.0. The molecule has 1 atom stereocenters. The summed E-state index contributed by atoms with van der Waals surface area (Å²) < 4.78 is 0. The molecular formula is C18H14N2O4S2. The van der Waals surface area contributed by atoms with Crippen molar-refractivity contribution in [2.45, 2.75) is 30.0 Å². The molecule has 132 valence electrons. The molecule has 2 heterocycles. The van der Waals surface area contributed by atoms with Crippen LogP contribution in [0, 0.1) is 0 Å². The van der Waals surface area contributed by atoms with Crippen molar-refractivity contribution < 1.29 is 19.2 Å². The van der Waals surface area contributed by atoms with Gasteiger partial charge in [0.25, 0.3) is 0 Å². The molecule has 0 radical (unpaired) electrons. The molecule has 0 N–H and O–H groups in total. The number of allylic oxidation sites excluding steroid dienone is 4. The van der Waals surface area contributed by atoms with E-state index in [0.29, 0.717) is 16.2 Å². The summed E-state index contributed by atoms with van der Waals surface area (Å²) in [5.41, 5.74) is 1.23. The van der Waals surface area contributed by atoms with Crippen LogP contribution >= 0.6 is 21.6 Å². The Morgan fingerprint density at radius 3 is 2.58 bits per heavy atom. The van der Waals surface area contributed by atoms with E-state index in [-0.39, 0.29) is 36.1 Å². The number of pyridine rings is 1. The maximum absolute atomic E-state index is 13.0. The van der Waals surface area contributed by atoms with Crippen LogP contribution in [0.15, 0.2) is 58.4 Å². The Hall–Kier alpha value is -2.41. The molecule has 0 aromatic carbocycles. The van der Waals surface area contributed by atoms with Crippen LogP contribution in [-0.2, 0) is 19.2 Å². The fourth-order valence-electron chi connectivity index (χ4n) is 2.70. The zero-order chi connectivity index (χ0) is 18.7. The van der Waals surface area contributed by atoms with Crippen LogP contribution in [0.5, 0.6) is 0 Å². The van der Waals surface area contributed by atoms with Crippen LogP contribution in [0.3, 0.4) is 0 Å². The molecule has 0 saturated carbocycles. The van der Waals surface area contributed by atoms with Crippen LogP contribution in [0.1, 0.15) is 19.8 Å². The van der Waals surface area contributed by atoms with Gasteiger partial charge in [-0.1, -0.05) is 16.9 Å². The molecule has 2 aliphatic rings. The molecule has 3 rings (SSSR count). The van der Waals surface area contributed by atoms with Gasteiger partial charge in [0, 0.05) is 25.1 Å². The van der Waals surface area contributed by atoms with Gasteiger partial charge in [0.05, 0.1) is 5.70 Å². The van der Waals surface area contributed by atoms with Crippen LogP contribution in [0.4, 0.5) is 0 Å². The number of aromatic nitrogens is 1. The number of hydrogen-bond donors (Lipinski definition) is 0. The van der Waals surface area contributed by atoms with E-state index in [4.69, 9.17) is 0 Å². The molecule has 1 aliphatic heterocycles. The number of carbonyl (C=O) groups excluding carboxylic acids is 4. The van der Waals surface area contributed by atoms with Gasteiger partial charge in [-0.2, -0.15) is 0 Å². The smallest absolute Gasteiger partial charge is 0.234 e. The summed E-state index contributed by atoms with van der Waals surface area (Å²) in [6.07, 6.45) is 4.58. The predicted octanol–water partition coefficient (Wildman–Crippen LogP) is 2.51. The highest BCUT2D eigenvalue weighted by Gasteiger charge is 2.40. The number of imide groups is 1. The number of nitrogens with zero attached hydrogens (tertiary/aromatic N) is 2. The lowest BCUT2D eigenvalue weighted by atomic mass is 9.94. The summed E-state index contributed by atoms with van der Waals surface area (Å²) in [6.45, 7) is 1.74. The first-order chi connectivity index (χ1) is 12.5. The molecule has 1 unspecified atom stereocenters. The molecule has 1 aromatic heterocycles. The van der Waals surface area contributed by atoms with Crippen LogP contribution in [0.25, 0.3) is 0 Å². The number of rotatable bonds is 5. The first-order valence-electron chi connectivity index (χ1n) is 7.80. The highest BCUT2D eigenvalue weighted by Crippen LogP contribution is 2.41. The zero-order valence-corrected chi connectivity index (χ0v) is 15.4. The third kappa shape index (κ3) is 3.58. The van der Waals surface area contributed by atoms with Gasteiger partial charge in [-0.05, 0) is 47.1 Å². The van der Waals surface area contributed by atoms with Crippen molar-refractivity contribution in [3.8, 4) is 0 Å². The van der Waals surface area contributed by atoms with Gasteiger partial charge in [-0.3, -0.25) is 14.4 Å². The third-order valence-electron chi connectivity index (χ3n) is 3.96. The molecule has 8 heteroatoms. The lowest BCUT2D eigenvalue weighted by molar-refractivity contribution is -0.138. The Morgan fingerprint density at radius 2 is 1.96 bits per heavy atom. The highest BCUT2D eigenvalue weighted by molar-refractivity contribution is 8.77. The predicted molar refractivity (Wildman–Crippen MR) is 98.6 cm³/mol. The van der Waals surface area contributed by atoms with Crippen molar-refractivity contribution in [3.05, 3.63) is 53.4 Å². The Balaban J connectivity index is 1.93. The van der Waals surface area contributed by atoms with Gasteiger partial charge in [-0.15, -0.1) is 0 Å². The number of Topliss-reactive ketones (excluding diaryl/α,β-unsaturated/α-hetero) is 1. The number of ketones is 1. The Morgan fingerprint density at radius 1 is 1.23 bits per heavy atom. The van der Waals surface area contributed by atoms with Crippen molar-refractivity contribution in [2.24, 2.45) is 0 Å². The van der Waals surface area contributed by atoms with Crippen molar-refractivity contribution in [3.63, 3.8) is 0 Å². The molecule has 1 fully saturated rings. The molecule has 6 nitrogen and oxygen atoms in total. The SMILES string of the molecule is CC1=C(C=C=O)C(SSc2ccccn2)C(=O)C(N2C(=O)CCC2=O)=C1. The standard InChI is InChI=1S/C18H14N2O4S2/c1-11-10-13(20-15(22)5-6-16(20)23)17(24)18(12(11)7-9-21)26-25-14-4-2-3-8-19-14/h2-4,7-8,10,18H,5-6H2,1H3. The number of likely N-dealkylation sites (tertiary alicyclic amines) is 1. The highest BCUT2D eigenvalue weighted by atomic mass is 33.1. The lowest BCUT2D eigenvalue weighted by Gasteiger charge is -2.26. The molecule has 1 aliphatic carbocycles. The van der Waals surface area contributed by atoms with Gasteiger partial charge >= 0.3 is 0 Å². The summed E-state index contributed by atoms with van der Waals surface area (Å²) in [6, 6.07) is 5.43. The van der Waals surface area contributed by atoms with Gasteiger partial charge in [0.2, 0.25) is 11.8 Å². The number of hydrogen-bond acceptors (Lipinski definition) is 7.